The normalized spacial score (nSPS) is 12.1. The van der Waals surface area contributed by atoms with Gasteiger partial charge in [0, 0.05) is 13.0 Å². The summed E-state index contributed by atoms with van der Waals surface area (Å²) in [5, 5.41) is 37.6. The molecule has 0 heterocycles. The highest BCUT2D eigenvalue weighted by molar-refractivity contribution is 5.93. The minimum absolute atomic E-state index is 0.273. The van der Waals surface area contributed by atoms with Gasteiger partial charge in [-0.3, -0.25) is 25.0 Å². The number of ketones is 1. The van der Waals surface area contributed by atoms with E-state index in [0.29, 0.717) is 0 Å². The second kappa shape index (κ2) is 6.32. The molecular formula is C11H10N4O6. The number of carbonyl (C=O) groups excluding carboxylic acids is 1. The van der Waals surface area contributed by atoms with E-state index in [2.05, 4.69) is 10.2 Å². The van der Waals surface area contributed by atoms with Gasteiger partial charge in [0.15, 0.2) is 17.2 Å². The van der Waals surface area contributed by atoms with E-state index in [-0.39, 0.29) is 11.4 Å². The summed E-state index contributed by atoms with van der Waals surface area (Å²) in [6.45, 7) is 2.35. The molecule has 1 rings (SSSR count). The fraction of sp³-hybridized carbons (Fsp3) is 0.182. The van der Waals surface area contributed by atoms with Gasteiger partial charge in [-0.15, -0.1) is 10.2 Å². The summed E-state index contributed by atoms with van der Waals surface area (Å²) in [5.74, 6) is -0.973. The van der Waals surface area contributed by atoms with Crippen molar-refractivity contribution in [2.75, 3.05) is 0 Å². The molecule has 0 amide bonds. The zero-order chi connectivity index (χ0) is 16.2. The van der Waals surface area contributed by atoms with Gasteiger partial charge in [-0.25, -0.2) is 0 Å². The van der Waals surface area contributed by atoms with Gasteiger partial charge in [0.25, 0.3) is 5.69 Å². The maximum atomic E-state index is 11.2. The van der Waals surface area contributed by atoms with Crippen LogP contribution in [0.5, 0.6) is 0 Å². The minimum atomic E-state index is -0.857. The van der Waals surface area contributed by atoms with Crippen molar-refractivity contribution < 1.29 is 19.7 Å². The van der Waals surface area contributed by atoms with Gasteiger partial charge in [0.1, 0.15) is 5.76 Å². The third-order valence-electron chi connectivity index (χ3n) is 2.30. The number of hydrogen-bond donors (Lipinski definition) is 1. The molecule has 21 heavy (non-hydrogen) atoms. The molecule has 0 atom stereocenters. The van der Waals surface area contributed by atoms with Crippen LogP contribution >= 0.6 is 0 Å². The molecule has 0 aliphatic carbocycles. The molecule has 0 spiro atoms. The summed E-state index contributed by atoms with van der Waals surface area (Å²) in [7, 11) is 0. The van der Waals surface area contributed by atoms with Gasteiger partial charge in [-0.1, -0.05) is 0 Å². The maximum Gasteiger partial charge on any atom is 0.303 e. The van der Waals surface area contributed by atoms with Crippen LogP contribution in [0, 0.1) is 20.2 Å². The Kier molecular flexibility index (Phi) is 4.78. The number of rotatable bonds is 5. The smallest absolute Gasteiger partial charge is 0.303 e. The molecule has 0 aliphatic heterocycles. The number of aliphatic hydroxyl groups is 1. The van der Waals surface area contributed by atoms with Crippen LogP contribution in [0.3, 0.4) is 0 Å². The molecule has 0 saturated carbocycles. The molecule has 1 N–H and O–H groups in total. The molecule has 0 bridgehead atoms. The standard InChI is InChI=1S/C11H10N4O6/c1-6(16)11(7(2)17)13-12-9-4-3-8(14(18)19)5-10(9)15(20)21/h3-5,16H,1-2H3/b11-6-,13-12?. The molecule has 110 valence electrons. The summed E-state index contributed by atoms with van der Waals surface area (Å²) < 4.78 is 0. The molecule has 1 aromatic rings. The van der Waals surface area contributed by atoms with Crippen LogP contribution < -0.4 is 0 Å². The highest BCUT2D eigenvalue weighted by atomic mass is 16.6. The number of hydrogen-bond acceptors (Lipinski definition) is 8. The Morgan fingerprint density at radius 1 is 1.19 bits per heavy atom. The first-order chi connectivity index (χ1) is 9.73. The van der Waals surface area contributed by atoms with Crippen molar-refractivity contribution in [1.82, 2.24) is 0 Å². The molecule has 10 heteroatoms. The number of nitro benzene ring substituents is 2. The van der Waals surface area contributed by atoms with Crippen LogP contribution in [-0.4, -0.2) is 20.7 Å². The van der Waals surface area contributed by atoms with E-state index in [0.717, 1.165) is 25.1 Å². The van der Waals surface area contributed by atoms with Crippen LogP contribution in [0.4, 0.5) is 17.1 Å². The second-order valence-corrected chi connectivity index (χ2v) is 3.88. The van der Waals surface area contributed by atoms with Crippen LogP contribution in [-0.2, 0) is 4.79 Å². The highest BCUT2D eigenvalue weighted by Crippen LogP contribution is 2.31. The number of carbonyl (C=O) groups is 1. The molecule has 0 saturated heterocycles. The Balaban J connectivity index is 3.32. The van der Waals surface area contributed by atoms with Crippen molar-refractivity contribution in [2.45, 2.75) is 13.8 Å². The number of azo groups is 1. The first-order valence-corrected chi connectivity index (χ1v) is 5.49. The van der Waals surface area contributed by atoms with Crippen LogP contribution in [0.2, 0.25) is 0 Å². The van der Waals surface area contributed by atoms with Crippen molar-refractivity contribution in [1.29, 1.82) is 0 Å². The van der Waals surface area contributed by atoms with Gasteiger partial charge in [0.2, 0.25) is 0 Å². The summed E-state index contributed by atoms with van der Waals surface area (Å²) >= 11 is 0. The average molecular weight is 294 g/mol. The number of benzene rings is 1. The molecule has 10 nitrogen and oxygen atoms in total. The Hall–Kier alpha value is -3.17. The van der Waals surface area contributed by atoms with Crippen molar-refractivity contribution in [3.8, 4) is 0 Å². The molecule has 0 unspecified atom stereocenters. The van der Waals surface area contributed by atoms with Gasteiger partial charge in [-0.2, -0.15) is 0 Å². The van der Waals surface area contributed by atoms with Gasteiger partial charge < -0.3 is 5.11 Å². The molecule has 0 aliphatic rings. The number of nitro groups is 2. The van der Waals surface area contributed by atoms with Crippen LogP contribution in [0.15, 0.2) is 39.9 Å². The minimum Gasteiger partial charge on any atom is -0.510 e. The summed E-state index contributed by atoms with van der Waals surface area (Å²) in [6.07, 6.45) is 0. The van der Waals surface area contributed by atoms with Crippen molar-refractivity contribution >= 4 is 22.8 Å². The van der Waals surface area contributed by atoms with E-state index in [9.17, 15) is 30.1 Å². The molecular weight excluding hydrogens is 284 g/mol. The Morgan fingerprint density at radius 3 is 2.24 bits per heavy atom. The fourth-order valence-corrected chi connectivity index (χ4v) is 1.36. The summed E-state index contributed by atoms with van der Waals surface area (Å²) in [6, 6.07) is 2.78. The van der Waals surface area contributed by atoms with Crippen molar-refractivity contribution in [3.05, 3.63) is 49.9 Å². The molecule has 0 aromatic heterocycles. The van der Waals surface area contributed by atoms with Gasteiger partial charge >= 0.3 is 5.69 Å². The topological polar surface area (TPSA) is 148 Å². The number of allylic oxidation sites excluding steroid dienone is 2. The van der Waals surface area contributed by atoms with E-state index in [1.165, 1.54) is 6.92 Å². The lowest BCUT2D eigenvalue weighted by Gasteiger charge is -1.98. The third-order valence-corrected chi connectivity index (χ3v) is 2.30. The first-order valence-electron chi connectivity index (χ1n) is 5.49. The summed E-state index contributed by atoms with van der Waals surface area (Å²) in [4.78, 5) is 31.0. The first kappa shape index (κ1) is 15.9. The Labute approximate surface area is 117 Å². The quantitative estimate of drug-likeness (QED) is 0.290. The van der Waals surface area contributed by atoms with Crippen molar-refractivity contribution in [2.24, 2.45) is 10.2 Å². The SMILES string of the molecule is CC(=O)/C(N=Nc1ccc([N+](=O)[O-])cc1[N+](=O)[O-])=C(\C)O. The zero-order valence-corrected chi connectivity index (χ0v) is 11.0. The maximum absolute atomic E-state index is 11.2. The molecule has 0 fully saturated rings. The van der Waals surface area contributed by atoms with Crippen molar-refractivity contribution in [3.63, 3.8) is 0 Å². The highest BCUT2D eigenvalue weighted by Gasteiger charge is 2.19. The Bertz CT molecular complexity index is 675. The monoisotopic (exact) mass is 294 g/mol. The second-order valence-electron chi connectivity index (χ2n) is 3.88. The zero-order valence-electron chi connectivity index (χ0n) is 11.0. The number of non-ortho nitro benzene ring substituents is 1. The van der Waals surface area contributed by atoms with Gasteiger partial charge in [-0.05, 0) is 13.0 Å². The lowest BCUT2D eigenvalue weighted by atomic mass is 10.2. The average Bonchev–Trinajstić information content (AvgIpc) is 2.37. The predicted molar refractivity (Wildman–Crippen MR) is 70.3 cm³/mol. The number of aliphatic hydroxyl groups excluding tert-OH is 1. The molecule has 1 aromatic carbocycles. The molecule has 0 radical (unpaired) electrons. The fourth-order valence-electron chi connectivity index (χ4n) is 1.36. The van der Waals surface area contributed by atoms with E-state index in [4.69, 9.17) is 0 Å². The van der Waals surface area contributed by atoms with Crippen LogP contribution in [0.25, 0.3) is 0 Å². The summed E-state index contributed by atoms with van der Waals surface area (Å²) in [5.41, 5.74) is -1.74. The largest absolute Gasteiger partial charge is 0.510 e. The van der Waals surface area contributed by atoms with E-state index in [1.54, 1.807) is 0 Å². The van der Waals surface area contributed by atoms with E-state index >= 15 is 0 Å². The van der Waals surface area contributed by atoms with E-state index in [1.807, 2.05) is 0 Å². The number of Topliss-reactive ketones (excluding diaryl/α,β-unsaturated/α-hetero) is 1. The van der Waals surface area contributed by atoms with Crippen LogP contribution in [0.1, 0.15) is 13.8 Å². The third kappa shape index (κ3) is 3.89. The predicted octanol–water partition coefficient (Wildman–Crippen LogP) is 2.97. The lowest BCUT2D eigenvalue weighted by Crippen LogP contribution is -1.96. The van der Waals surface area contributed by atoms with Gasteiger partial charge in [0.05, 0.1) is 15.9 Å². The van der Waals surface area contributed by atoms with E-state index < -0.39 is 32.8 Å². The lowest BCUT2D eigenvalue weighted by molar-refractivity contribution is -0.393. The number of nitrogens with zero attached hydrogens (tertiary/aromatic N) is 4. The Morgan fingerprint density at radius 2 is 1.81 bits per heavy atom.